The molecule has 2 rings (SSSR count). The fraction of sp³-hybridized carbons (Fsp3) is 0.357. The Morgan fingerprint density at radius 2 is 2.05 bits per heavy atom. The van der Waals surface area contributed by atoms with Crippen LogP contribution < -0.4 is 5.73 Å². The van der Waals surface area contributed by atoms with Crippen molar-refractivity contribution >= 4 is 11.3 Å². The van der Waals surface area contributed by atoms with Gasteiger partial charge in [-0.3, -0.25) is 0 Å². The first kappa shape index (κ1) is 15.0. The van der Waals surface area contributed by atoms with Crippen molar-refractivity contribution in [2.75, 3.05) is 0 Å². The second-order valence-corrected chi connectivity index (χ2v) is 5.79. The lowest BCUT2D eigenvalue weighted by Crippen LogP contribution is -2.25. The van der Waals surface area contributed by atoms with Gasteiger partial charge >= 0.3 is 6.18 Å². The summed E-state index contributed by atoms with van der Waals surface area (Å²) in [6.45, 7) is 1.91. The number of hydrogen-bond acceptors (Lipinski definition) is 3. The molecule has 2 aromatic rings. The highest BCUT2D eigenvalue weighted by Gasteiger charge is 2.30. The molecule has 6 heteroatoms. The van der Waals surface area contributed by atoms with Crippen molar-refractivity contribution < 1.29 is 13.2 Å². The summed E-state index contributed by atoms with van der Waals surface area (Å²) in [5.41, 5.74) is 6.85. The Hall–Kier alpha value is -1.40. The number of hydrogen-bond donors (Lipinski definition) is 1. The van der Waals surface area contributed by atoms with Crippen LogP contribution in [-0.2, 0) is 19.0 Å². The summed E-state index contributed by atoms with van der Waals surface area (Å²) in [5, 5.41) is 2.90. The Kier molecular flexibility index (Phi) is 4.45. The van der Waals surface area contributed by atoms with E-state index in [-0.39, 0.29) is 6.04 Å². The summed E-state index contributed by atoms with van der Waals surface area (Å²) in [7, 11) is 0. The zero-order valence-electron chi connectivity index (χ0n) is 10.9. The molecule has 0 bridgehead atoms. The lowest BCUT2D eigenvalue weighted by Gasteiger charge is -2.12. The normalized spacial score (nSPS) is 13.4. The first-order valence-electron chi connectivity index (χ1n) is 6.17. The molecule has 1 unspecified atom stereocenters. The molecule has 1 heterocycles. The summed E-state index contributed by atoms with van der Waals surface area (Å²) in [4.78, 5) is 4.31. The van der Waals surface area contributed by atoms with E-state index in [9.17, 15) is 13.2 Å². The average Bonchev–Trinajstić information content (AvgIpc) is 2.73. The number of halogens is 3. The van der Waals surface area contributed by atoms with Crippen LogP contribution in [0.3, 0.4) is 0 Å². The quantitative estimate of drug-likeness (QED) is 0.937. The molecule has 0 saturated carbocycles. The zero-order chi connectivity index (χ0) is 14.8. The van der Waals surface area contributed by atoms with Crippen LogP contribution in [0.5, 0.6) is 0 Å². The van der Waals surface area contributed by atoms with E-state index < -0.39 is 11.7 Å². The van der Waals surface area contributed by atoms with Crippen LogP contribution in [-0.4, -0.2) is 11.0 Å². The Bertz CT molecular complexity index is 578. The Morgan fingerprint density at radius 3 is 2.65 bits per heavy atom. The molecule has 0 aliphatic heterocycles. The average molecular weight is 300 g/mol. The van der Waals surface area contributed by atoms with E-state index in [0.717, 1.165) is 22.8 Å². The zero-order valence-corrected chi connectivity index (χ0v) is 11.8. The van der Waals surface area contributed by atoms with Crippen molar-refractivity contribution in [3.63, 3.8) is 0 Å². The van der Waals surface area contributed by atoms with Crippen molar-refractivity contribution in [3.05, 3.63) is 51.5 Å². The highest BCUT2D eigenvalue weighted by Crippen LogP contribution is 2.29. The molecular formula is C14H15F3N2S. The topological polar surface area (TPSA) is 38.9 Å². The first-order valence-corrected chi connectivity index (χ1v) is 7.05. The molecule has 0 aliphatic carbocycles. The molecule has 1 aromatic heterocycles. The third kappa shape index (κ3) is 4.05. The molecule has 0 saturated heterocycles. The predicted octanol–water partition coefficient (Wildman–Crippen LogP) is 3.58. The van der Waals surface area contributed by atoms with Gasteiger partial charge in [0.25, 0.3) is 0 Å². The van der Waals surface area contributed by atoms with Gasteiger partial charge in [0.2, 0.25) is 0 Å². The van der Waals surface area contributed by atoms with Gasteiger partial charge in [-0.2, -0.15) is 13.2 Å². The van der Waals surface area contributed by atoms with Crippen molar-refractivity contribution in [3.8, 4) is 0 Å². The van der Waals surface area contributed by atoms with Crippen LogP contribution in [0.4, 0.5) is 13.2 Å². The van der Waals surface area contributed by atoms with Gasteiger partial charge in [-0.15, -0.1) is 11.3 Å². The fourth-order valence-electron chi connectivity index (χ4n) is 2.02. The van der Waals surface area contributed by atoms with Crippen LogP contribution in [0.25, 0.3) is 0 Å². The number of alkyl halides is 3. The van der Waals surface area contributed by atoms with Crippen LogP contribution in [0.1, 0.15) is 21.8 Å². The van der Waals surface area contributed by atoms with Crippen molar-refractivity contribution in [2.45, 2.75) is 32.0 Å². The van der Waals surface area contributed by atoms with Crippen LogP contribution in [0.2, 0.25) is 0 Å². The molecule has 2 nitrogen and oxygen atoms in total. The number of thiazole rings is 1. The Labute approximate surface area is 119 Å². The Morgan fingerprint density at radius 1 is 1.30 bits per heavy atom. The van der Waals surface area contributed by atoms with E-state index in [2.05, 4.69) is 4.98 Å². The fourth-order valence-corrected chi connectivity index (χ4v) is 2.65. The highest BCUT2D eigenvalue weighted by molar-refractivity contribution is 7.09. The summed E-state index contributed by atoms with van der Waals surface area (Å²) in [5.74, 6) is 0. The smallest absolute Gasteiger partial charge is 0.327 e. The van der Waals surface area contributed by atoms with E-state index in [1.165, 1.54) is 6.07 Å². The molecule has 0 fully saturated rings. The maximum Gasteiger partial charge on any atom is 0.416 e. The van der Waals surface area contributed by atoms with Gasteiger partial charge in [0.05, 0.1) is 16.3 Å². The second kappa shape index (κ2) is 5.93. The van der Waals surface area contributed by atoms with Crippen molar-refractivity contribution in [1.82, 2.24) is 4.98 Å². The Balaban J connectivity index is 2.02. The van der Waals surface area contributed by atoms with E-state index in [4.69, 9.17) is 5.73 Å². The maximum atomic E-state index is 12.6. The summed E-state index contributed by atoms with van der Waals surface area (Å²) < 4.78 is 37.8. The first-order chi connectivity index (χ1) is 9.34. The summed E-state index contributed by atoms with van der Waals surface area (Å²) in [6.07, 6.45) is -3.34. The van der Waals surface area contributed by atoms with Crippen LogP contribution in [0, 0.1) is 6.92 Å². The number of rotatable bonds is 4. The molecule has 108 valence electrons. The maximum absolute atomic E-state index is 12.6. The number of aromatic nitrogens is 1. The number of nitrogens with zero attached hydrogens (tertiary/aromatic N) is 1. The predicted molar refractivity (Wildman–Crippen MR) is 73.7 cm³/mol. The van der Waals surface area contributed by atoms with E-state index in [1.807, 2.05) is 12.3 Å². The minimum Gasteiger partial charge on any atom is -0.327 e. The number of nitrogens with two attached hydrogens (primary N) is 1. The molecule has 2 N–H and O–H groups in total. The summed E-state index contributed by atoms with van der Waals surface area (Å²) in [6, 6.07) is 5.07. The molecule has 1 aromatic carbocycles. The van der Waals surface area contributed by atoms with Gasteiger partial charge in [-0.05, 0) is 25.0 Å². The molecule has 20 heavy (non-hydrogen) atoms. The van der Waals surface area contributed by atoms with E-state index >= 15 is 0 Å². The third-order valence-corrected chi connectivity index (χ3v) is 3.71. The minimum atomic E-state index is -4.31. The van der Waals surface area contributed by atoms with E-state index in [0.29, 0.717) is 18.4 Å². The lowest BCUT2D eigenvalue weighted by molar-refractivity contribution is -0.137. The largest absolute Gasteiger partial charge is 0.416 e. The third-order valence-electron chi connectivity index (χ3n) is 2.89. The molecule has 0 amide bonds. The number of benzene rings is 1. The van der Waals surface area contributed by atoms with Gasteiger partial charge < -0.3 is 5.73 Å². The van der Waals surface area contributed by atoms with E-state index in [1.54, 1.807) is 17.4 Å². The molecule has 0 radical (unpaired) electrons. The van der Waals surface area contributed by atoms with Gasteiger partial charge in [-0.1, -0.05) is 18.2 Å². The van der Waals surface area contributed by atoms with Gasteiger partial charge in [0, 0.05) is 17.8 Å². The van der Waals surface area contributed by atoms with Crippen LogP contribution >= 0.6 is 11.3 Å². The van der Waals surface area contributed by atoms with Gasteiger partial charge in [-0.25, -0.2) is 4.98 Å². The highest BCUT2D eigenvalue weighted by atomic mass is 32.1. The SMILES string of the molecule is Cc1nc(CC(N)Cc2cccc(C(F)(F)F)c2)cs1. The van der Waals surface area contributed by atoms with Gasteiger partial charge in [0.1, 0.15) is 0 Å². The van der Waals surface area contributed by atoms with Crippen molar-refractivity contribution in [1.29, 1.82) is 0 Å². The molecule has 0 aliphatic rings. The summed E-state index contributed by atoms with van der Waals surface area (Å²) >= 11 is 1.54. The lowest BCUT2D eigenvalue weighted by atomic mass is 10.0. The standard InChI is InChI=1S/C14H15F3N2S/c1-9-19-13(8-20-9)7-12(18)6-10-3-2-4-11(5-10)14(15,16)17/h2-5,8,12H,6-7,18H2,1H3. The van der Waals surface area contributed by atoms with Crippen LogP contribution in [0.15, 0.2) is 29.6 Å². The second-order valence-electron chi connectivity index (χ2n) is 4.72. The monoisotopic (exact) mass is 300 g/mol. The number of aryl methyl sites for hydroxylation is 1. The minimum absolute atomic E-state index is 0.236. The van der Waals surface area contributed by atoms with Gasteiger partial charge in [0.15, 0.2) is 0 Å². The molecule has 0 spiro atoms. The molecular weight excluding hydrogens is 285 g/mol. The van der Waals surface area contributed by atoms with Crippen molar-refractivity contribution in [2.24, 2.45) is 5.73 Å². The molecule has 1 atom stereocenters.